The lowest BCUT2D eigenvalue weighted by Gasteiger charge is -2.04. The molecule has 0 atom stereocenters. The highest BCUT2D eigenvalue weighted by atomic mass is 32.1. The summed E-state index contributed by atoms with van der Waals surface area (Å²) in [5, 5.41) is 7.06. The maximum absolute atomic E-state index is 11.8. The van der Waals surface area contributed by atoms with Crippen LogP contribution in [0, 0.1) is 0 Å². The second-order valence-corrected chi connectivity index (χ2v) is 4.60. The summed E-state index contributed by atoms with van der Waals surface area (Å²) in [4.78, 5) is 11.8. The molecule has 22 heavy (non-hydrogen) atoms. The molecule has 0 spiro atoms. The van der Waals surface area contributed by atoms with Crippen molar-refractivity contribution in [2.24, 2.45) is 5.10 Å². The first-order chi connectivity index (χ1) is 10.7. The average molecular weight is 317 g/mol. The summed E-state index contributed by atoms with van der Waals surface area (Å²) < 4.78 is 10.4. The van der Waals surface area contributed by atoms with Gasteiger partial charge in [-0.3, -0.25) is 5.43 Å². The molecule has 2 N–H and O–H groups in total. The molecule has 0 fully saturated rings. The van der Waals surface area contributed by atoms with Gasteiger partial charge in [-0.1, -0.05) is 18.2 Å². The summed E-state index contributed by atoms with van der Waals surface area (Å²) in [6.45, 7) is 0. The van der Waals surface area contributed by atoms with Gasteiger partial charge in [-0.15, -0.1) is 0 Å². The van der Waals surface area contributed by atoms with Gasteiger partial charge in [0, 0.05) is 12.6 Å². The van der Waals surface area contributed by atoms with Crippen LogP contribution in [0.25, 0.3) is 11.3 Å². The Bertz CT molecular complexity index is 710. The minimum Gasteiger partial charge on any atom is -0.465 e. The number of hydrogen-bond donors (Lipinski definition) is 2. The monoisotopic (exact) mass is 317 g/mol. The summed E-state index contributed by atoms with van der Waals surface area (Å²) >= 11 is 4.89. The van der Waals surface area contributed by atoms with Crippen molar-refractivity contribution < 1.29 is 13.9 Å². The van der Waals surface area contributed by atoms with Gasteiger partial charge < -0.3 is 14.5 Å². The molecule has 114 valence electrons. The van der Waals surface area contributed by atoms with E-state index in [0.29, 0.717) is 27.8 Å². The zero-order valence-electron chi connectivity index (χ0n) is 12.1. The van der Waals surface area contributed by atoms with E-state index in [1.807, 2.05) is 6.07 Å². The van der Waals surface area contributed by atoms with Crippen molar-refractivity contribution in [1.82, 2.24) is 10.7 Å². The Morgan fingerprint density at radius 2 is 2.09 bits per heavy atom. The third-order valence-electron chi connectivity index (χ3n) is 2.81. The van der Waals surface area contributed by atoms with Crippen LogP contribution in [0.2, 0.25) is 0 Å². The topological polar surface area (TPSA) is 75.9 Å². The van der Waals surface area contributed by atoms with Gasteiger partial charge >= 0.3 is 5.97 Å². The van der Waals surface area contributed by atoms with Gasteiger partial charge in [0.2, 0.25) is 0 Å². The van der Waals surface area contributed by atoms with Crippen molar-refractivity contribution in [3.63, 3.8) is 0 Å². The number of furan rings is 1. The molecule has 0 aliphatic rings. The zero-order valence-corrected chi connectivity index (χ0v) is 12.9. The summed E-state index contributed by atoms with van der Waals surface area (Å²) in [5.41, 5.74) is 3.73. The second kappa shape index (κ2) is 7.37. The van der Waals surface area contributed by atoms with Crippen molar-refractivity contribution in [3.8, 4) is 11.3 Å². The molecule has 0 saturated heterocycles. The molecule has 0 aliphatic carbocycles. The summed E-state index contributed by atoms with van der Waals surface area (Å²) in [6, 6.07) is 10.6. The van der Waals surface area contributed by atoms with Crippen LogP contribution in [0.5, 0.6) is 0 Å². The molecule has 0 bridgehead atoms. The molecule has 7 heteroatoms. The van der Waals surface area contributed by atoms with Gasteiger partial charge in [0.15, 0.2) is 5.11 Å². The Morgan fingerprint density at radius 1 is 1.32 bits per heavy atom. The molecular formula is C15H15N3O3S. The Balaban J connectivity index is 2.22. The molecule has 1 aromatic heterocycles. The van der Waals surface area contributed by atoms with E-state index < -0.39 is 5.97 Å². The highest BCUT2D eigenvalue weighted by molar-refractivity contribution is 7.80. The highest BCUT2D eigenvalue weighted by Crippen LogP contribution is 2.25. The molecule has 6 nitrogen and oxygen atoms in total. The molecule has 0 aliphatic heterocycles. The Morgan fingerprint density at radius 3 is 2.82 bits per heavy atom. The predicted octanol–water partition coefficient (Wildman–Crippen LogP) is 2.16. The molecule has 0 amide bonds. The lowest BCUT2D eigenvalue weighted by molar-refractivity contribution is 0.0601. The smallest absolute Gasteiger partial charge is 0.338 e. The van der Waals surface area contributed by atoms with Gasteiger partial charge in [0.05, 0.1) is 18.9 Å². The Hall–Kier alpha value is -2.67. The lowest BCUT2D eigenvalue weighted by Crippen LogP contribution is -2.28. The summed E-state index contributed by atoms with van der Waals surface area (Å²) in [6.07, 6.45) is 1.49. The number of carbonyl (C=O) groups is 1. The van der Waals surface area contributed by atoms with Crippen molar-refractivity contribution in [2.45, 2.75) is 0 Å². The number of ether oxygens (including phenoxy) is 1. The molecule has 1 aromatic carbocycles. The van der Waals surface area contributed by atoms with E-state index in [1.165, 1.54) is 13.3 Å². The molecule has 1 heterocycles. The van der Waals surface area contributed by atoms with Gasteiger partial charge in [0.25, 0.3) is 0 Å². The lowest BCUT2D eigenvalue weighted by atomic mass is 10.1. The fourth-order valence-corrected chi connectivity index (χ4v) is 1.82. The third-order valence-corrected chi connectivity index (χ3v) is 3.10. The zero-order chi connectivity index (χ0) is 15.9. The SMILES string of the molecule is CNC(=S)N/N=C\c1ccc(-c2ccccc2C(=O)OC)o1. The first-order valence-electron chi connectivity index (χ1n) is 6.44. The van der Waals surface area contributed by atoms with Crippen LogP contribution in [0.4, 0.5) is 0 Å². The van der Waals surface area contributed by atoms with E-state index in [1.54, 1.807) is 37.4 Å². The standard InChI is InChI=1S/C15H15N3O3S/c1-16-15(22)18-17-9-10-7-8-13(21-10)11-5-3-4-6-12(11)14(19)20-2/h3-9H,1-2H3,(H2,16,18,22)/b17-9-. The van der Waals surface area contributed by atoms with E-state index in [-0.39, 0.29) is 0 Å². The quantitative estimate of drug-likeness (QED) is 0.389. The first-order valence-corrected chi connectivity index (χ1v) is 6.85. The number of methoxy groups -OCH3 is 1. The molecule has 2 aromatic rings. The van der Waals surface area contributed by atoms with Crippen molar-refractivity contribution in [2.75, 3.05) is 14.2 Å². The Labute approximate surface area is 133 Å². The number of benzene rings is 1. The van der Waals surface area contributed by atoms with Gasteiger partial charge in [-0.05, 0) is 30.4 Å². The molecule has 2 rings (SSSR count). The maximum atomic E-state index is 11.8. The molecule has 0 radical (unpaired) electrons. The number of thiocarbonyl (C=S) groups is 1. The van der Waals surface area contributed by atoms with Crippen LogP contribution in [0.15, 0.2) is 45.9 Å². The van der Waals surface area contributed by atoms with Crippen LogP contribution in [-0.4, -0.2) is 31.5 Å². The molecule has 0 saturated carbocycles. The minimum atomic E-state index is -0.414. The third kappa shape index (κ3) is 3.70. The first kappa shape index (κ1) is 15.7. The van der Waals surface area contributed by atoms with Crippen LogP contribution in [0.3, 0.4) is 0 Å². The minimum absolute atomic E-state index is 0.402. The van der Waals surface area contributed by atoms with Gasteiger partial charge in [0.1, 0.15) is 11.5 Å². The number of nitrogens with one attached hydrogen (secondary N) is 2. The van der Waals surface area contributed by atoms with Crippen LogP contribution < -0.4 is 10.7 Å². The number of esters is 1. The van der Waals surface area contributed by atoms with Crippen LogP contribution in [0.1, 0.15) is 16.1 Å². The van der Waals surface area contributed by atoms with Crippen molar-refractivity contribution in [1.29, 1.82) is 0 Å². The normalized spacial score (nSPS) is 10.5. The second-order valence-electron chi connectivity index (χ2n) is 4.19. The van der Waals surface area contributed by atoms with E-state index in [9.17, 15) is 4.79 Å². The van der Waals surface area contributed by atoms with Crippen molar-refractivity contribution >= 4 is 29.5 Å². The Kier molecular flexibility index (Phi) is 5.26. The van der Waals surface area contributed by atoms with E-state index in [2.05, 4.69) is 15.8 Å². The number of hydrazone groups is 1. The number of carbonyl (C=O) groups excluding carboxylic acids is 1. The van der Waals surface area contributed by atoms with Gasteiger partial charge in [-0.2, -0.15) is 5.10 Å². The number of hydrogen-bond acceptors (Lipinski definition) is 5. The van der Waals surface area contributed by atoms with E-state index in [0.717, 1.165) is 0 Å². The van der Waals surface area contributed by atoms with E-state index in [4.69, 9.17) is 21.4 Å². The summed E-state index contributed by atoms with van der Waals surface area (Å²) in [5.74, 6) is 0.669. The number of rotatable bonds is 4. The van der Waals surface area contributed by atoms with Crippen LogP contribution >= 0.6 is 12.2 Å². The highest BCUT2D eigenvalue weighted by Gasteiger charge is 2.14. The van der Waals surface area contributed by atoms with Gasteiger partial charge in [-0.25, -0.2) is 4.79 Å². The fourth-order valence-electron chi connectivity index (χ4n) is 1.76. The van der Waals surface area contributed by atoms with Crippen molar-refractivity contribution in [3.05, 3.63) is 47.7 Å². The number of nitrogens with zero attached hydrogens (tertiary/aromatic N) is 1. The molecular weight excluding hydrogens is 302 g/mol. The molecule has 0 unspecified atom stereocenters. The fraction of sp³-hybridized carbons (Fsp3) is 0.133. The van der Waals surface area contributed by atoms with E-state index >= 15 is 0 Å². The van der Waals surface area contributed by atoms with Crippen LogP contribution in [-0.2, 0) is 4.74 Å². The summed E-state index contributed by atoms with van der Waals surface area (Å²) in [7, 11) is 3.04. The largest absolute Gasteiger partial charge is 0.465 e. The maximum Gasteiger partial charge on any atom is 0.338 e. The predicted molar refractivity (Wildman–Crippen MR) is 87.9 cm³/mol. The average Bonchev–Trinajstić information content (AvgIpc) is 3.02.